The lowest BCUT2D eigenvalue weighted by atomic mass is 10.1. The number of hydrogen-bond acceptors (Lipinski definition) is 3. The minimum Gasteiger partial charge on any atom is -0.398 e. The van der Waals surface area contributed by atoms with E-state index < -0.39 is 17.7 Å². The second kappa shape index (κ2) is 5.46. The van der Waals surface area contributed by atoms with E-state index in [4.69, 9.17) is 5.73 Å². The van der Waals surface area contributed by atoms with Gasteiger partial charge in [-0.05, 0) is 30.5 Å². The Morgan fingerprint density at radius 3 is 2.50 bits per heavy atom. The Balaban J connectivity index is 2.08. The summed E-state index contributed by atoms with van der Waals surface area (Å²) in [5.74, 6) is -1.07. The molecular formula is C13H14F2N2S. The van der Waals surface area contributed by atoms with Crippen molar-refractivity contribution in [1.29, 1.82) is 0 Å². The van der Waals surface area contributed by atoms with Crippen molar-refractivity contribution in [3.63, 3.8) is 0 Å². The Morgan fingerprint density at radius 2 is 1.94 bits per heavy atom. The number of nitrogen functional groups attached to an aromatic ring is 1. The van der Waals surface area contributed by atoms with Crippen molar-refractivity contribution in [3.05, 3.63) is 51.7 Å². The molecule has 3 N–H and O–H groups in total. The van der Waals surface area contributed by atoms with Crippen LogP contribution in [0.4, 0.5) is 14.5 Å². The first-order valence-electron chi connectivity index (χ1n) is 5.58. The first kappa shape index (κ1) is 13.0. The molecule has 96 valence electrons. The normalized spacial score (nSPS) is 12.6. The van der Waals surface area contributed by atoms with Gasteiger partial charge in [-0.2, -0.15) is 0 Å². The van der Waals surface area contributed by atoms with Gasteiger partial charge in [0.05, 0.1) is 0 Å². The summed E-state index contributed by atoms with van der Waals surface area (Å²) < 4.78 is 27.1. The van der Waals surface area contributed by atoms with Crippen LogP contribution < -0.4 is 11.1 Å². The smallest absolute Gasteiger partial charge is 0.130 e. The van der Waals surface area contributed by atoms with Crippen molar-refractivity contribution in [2.75, 3.05) is 5.73 Å². The van der Waals surface area contributed by atoms with Crippen LogP contribution in [0.5, 0.6) is 0 Å². The van der Waals surface area contributed by atoms with E-state index in [0.717, 1.165) is 4.88 Å². The fourth-order valence-corrected chi connectivity index (χ4v) is 2.52. The molecule has 1 unspecified atom stereocenters. The average Bonchev–Trinajstić information content (AvgIpc) is 2.72. The van der Waals surface area contributed by atoms with Gasteiger partial charge < -0.3 is 11.1 Å². The van der Waals surface area contributed by atoms with Crippen LogP contribution in [0, 0.1) is 11.6 Å². The Labute approximate surface area is 108 Å². The molecule has 0 fully saturated rings. The molecule has 1 aromatic carbocycles. The summed E-state index contributed by atoms with van der Waals surface area (Å²) in [7, 11) is 0. The lowest BCUT2D eigenvalue weighted by Crippen LogP contribution is -2.20. The zero-order valence-electron chi connectivity index (χ0n) is 9.91. The molecule has 0 saturated carbocycles. The predicted molar refractivity (Wildman–Crippen MR) is 70.3 cm³/mol. The van der Waals surface area contributed by atoms with E-state index in [2.05, 4.69) is 5.32 Å². The molecule has 0 amide bonds. The summed E-state index contributed by atoms with van der Waals surface area (Å²) in [6.45, 7) is 2.23. The number of thiophene rings is 1. The summed E-state index contributed by atoms with van der Waals surface area (Å²) in [5.41, 5.74) is 6.51. The largest absolute Gasteiger partial charge is 0.398 e. The highest BCUT2D eigenvalue weighted by molar-refractivity contribution is 7.10. The van der Waals surface area contributed by atoms with Gasteiger partial charge in [-0.3, -0.25) is 0 Å². The first-order chi connectivity index (χ1) is 8.59. The summed E-state index contributed by atoms with van der Waals surface area (Å²) in [6, 6.07) is 5.29. The zero-order valence-corrected chi connectivity index (χ0v) is 10.7. The van der Waals surface area contributed by atoms with E-state index in [9.17, 15) is 8.78 Å². The Morgan fingerprint density at radius 1 is 1.28 bits per heavy atom. The highest BCUT2D eigenvalue weighted by atomic mass is 32.1. The molecule has 0 saturated heterocycles. The van der Waals surface area contributed by atoms with Crippen LogP contribution in [0.15, 0.2) is 29.6 Å². The van der Waals surface area contributed by atoms with Gasteiger partial charge in [-0.1, -0.05) is 6.07 Å². The van der Waals surface area contributed by atoms with Crippen molar-refractivity contribution in [2.24, 2.45) is 0 Å². The maximum atomic E-state index is 13.5. The monoisotopic (exact) mass is 268 g/mol. The molecular weight excluding hydrogens is 254 g/mol. The lowest BCUT2D eigenvalue weighted by molar-refractivity contribution is 0.489. The molecule has 0 radical (unpaired) electrons. The number of anilines is 1. The van der Waals surface area contributed by atoms with Gasteiger partial charge in [-0.25, -0.2) is 8.78 Å². The van der Waals surface area contributed by atoms with E-state index in [1.807, 2.05) is 11.4 Å². The van der Waals surface area contributed by atoms with Crippen LogP contribution in [0.2, 0.25) is 0 Å². The van der Waals surface area contributed by atoms with Gasteiger partial charge in [0.1, 0.15) is 11.6 Å². The Bertz CT molecular complexity index is 519. The Hall–Kier alpha value is -1.46. The number of hydrogen-bond donors (Lipinski definition) is 2. The number of benzene rings is 1. The predicted octanol–water partition coefficient (Wildman–Crippen LogP) is 3.46. The maximum Gasteiger partial charge on any atom is 0.130 e. The number of halogens is 2. The quantitative estimate of drug-likeness (QED) is 0.891. The SMILES string of the molecule is CC(NCc1sccc1N)c1c(F)cccc1F. The van der Waals surface area contributed by atoms with Crippen LogP contribution >= 0.6 is 11.3 Å². The van der Waals surface area contributed by atoms with Crippen molar-refractivity contribution < 1.29 is 8.78 Å². The minimum atomic E-state index is -0.533. The number of nitrogens with one attached hydrogen (secondary N) is 1. The lowest BCUT2D eigenvalue weighted by Gasteiger charge is -2.15. The molecule has 18 heavy (non-hydrogen) atoms. The van der Waals surface area contributed by atoms with Crippen molar-refractivity contribution in [2.45, 2.75) is 19.5 Å². The van der Waals surface area contributed by atoms with Crippen LogP contribution in [-0.4, -0.2) is 0 Å². The summed E-state index contributed by atoms with van der Waals surface area (Å²) in [5, 5.41) is 4.96. The molecule has 0 aliphatic rings. The van der Waals surface area contributed by atoms with E-state index in [-0.39, 0.29) is 5.56 Å². The third-order valence-electron chi connectivity index (χ3n) is 2.78. The molecule has 0 aliphatic carbocycles. The van der Waals surface area contributed by atoms with Gasteiger partial charge in [0, 0.05) is 28.7 Å². The van der Waals surface area contributed by atoms with Crippen LogP contribution in [0.1, 0.15) is 23.4 Å². The fraction of sp³-hybridized carbons (Fsp3) is 0.231. The number of nitrogens with two attached hydrogens (primary N) is 1. The van der Waals surface area contributed by atoms with Gasteiger partial charge >= 0.3 is 0 Å². The van der Waals surface area contributed by atoms with Gasteiger partial charge in [0.25, 0.3) is 0 Å². The third kappa shape index (κ3) is 2.68. The first-order valence-corrected chi connectivity index (χ1v) is 6.46. The van der Waals surface area contributed by atoms with Gasteiger partial charge in [0.15, 0.2) is 0 Å². The molecule has 2 rings (SSSR count). The van der Waals surface area contributed by atoms with Gasteiger partial charge in [-0.15, -0.1) is 11.3 Å². The van der Waals surface area contributed by atoms with Crippen LogP contribution in [0.25, 0.3) is 0 Å². The molecule has 0 bridgehead atoms. The van der Waals surface area contributed by atoms with Crippen molar-refractivity contribution in [3.8, 4) is 0 Å². The van der Waals surface area contributed by atoms with Crippen molar-refractivity contribution >= 4 is 17.0 Å². The van der Waals surface area contributed by atoms with E-state index >= 15 is 0 Å². The highest BCUT2D eigenvalue weighted by Gasteiger charge is 2.15. The highest BCUT2D eigenvalue weighted by Crippen LogP contribution is 2.23. The fourth-order valence-electron chi connectivity index (χ4n) is 1.77. The third-order valence-corrected chi connectivity index (χ3v) is 3.72. The summed E-state index contributed by atoms with van der Waals surface area (Å²) in [6.07, 6.45) is 0. The molecule has 1 aromatic heterocycles. The van der Waals surface area contributed by atoms with Gasteiger partial charge in [0.2, 0.25) is 0 Å². The molecule has 1 heterocycles. The summed E-state index contributed by atoms with van der Waals surface area (Å²) >= 11 is 1.52. The minimum absolute atomic E-state index is 0.0626. The molecule has 2 aromatic rings. The van der Waals surface area contributed by atoms with Crippen LogP contribution in [0.3, 0.4) is 0 Å². The zero-order chi connectivity index (χ0) is 13.1. The van der Waals surface area contributed by atoms with E-state index in [1.54, 1.807) is 6.92 Å². The molecule has 1 atom stereocenters. The van der Waals surface area contributed by atoms with Crippen molar-refractivity contribution in [1.82, 2.24) is 5.32 Å². The maximum absolute atomic E-state index is 13.5. The Kier molecular flexibility index (Phi) is 3.93. The molecule has 0 spiro atoms. The standard InChI is InChI=1S/C13H14F2N2S/c1-8(13-9(14)3-2-4-10(13)15)17-7-12-11(16)5-6-18-12/h2-6,8,17H,7,16H2,1H3. The molecule has 2 nitrogen and oxygen atoms in total. The molecule has 5 heteroatoms. The van der Waals surface area contributed by atoms with E-state index in [0.29, 0.717) is 12.2 Å². The topological polar surface area (TPSA) is 38.0 Å². The molecule has 0 aliphatic heterocycles. The van der Waals surface area contributed by atoms with Crippen LogP contribution in [-0.2, 0) is 6.54 Å². The second-order valence-electron chi connectivity index (χ2n) is 4.04. The second-order valence-corrected chi connectivity index (χ2v) is 5.04. The average molecular weight is 268 g/mol. The van der Waals surface area contributed by atoms with E-state index in [1.165, 1.54) is 29.5 Å². The summed E-state index contributed by atoms with van der Waals surface area (Å²) in [4.78, 5) is 0.971. The number of rotatable bonds is 4.